The van der Waals surface area contributed by atoms with Crippen LogP contribution in [0.15, 0.2) is 18.2 Å². The monoisotopic (exact) mass is 227 g/mol. The average Bonchev–Trinajstić information content (AvgIpc) is 2.20. The lowest BCUT2D eigenvalue weighted by atomic mass is 10.1. The molecule has 1 aromatic carbocycles. The number of amides is 1. The number of nitrogens with one attached hydrogen (secondary N) is 1. The molecule has 0 aromatic heterocycles. The van der Waals surface area contributed by atoms with Crippen LogP contribution in [0.1, 0.15) is 17.3 Å². The van der Waals surface area contributed by atoms with Crippen molar-refractivity contribution in [1.82, 2.24) is 0 Å². The van der Waals surface area contributed by atoms with Crippen molar-refractivity contribution >= 4 is 29.0 Å². The number of halogens is 1. The molecule has 0 saturated carbocycles. The summed E-state index contributed by atoms with van der Waals surface area (Å²) in [7, 11) is 0. The highest BCUT2D eigenvalue weighted by atomic mass is 35.5. The van der Waals surface area contributed by atoms with Gasteiger partial charge in [-0.05, 0) is 25.1 Å². The number of Topliss-reactive ketones (excluding diaryl/α,β-unsaturated/α-hetero) is 1. The third-order valence-electron chi connectivity index (χ3n) is 1.80. The van der Waals surface area contributed by atoms with Gasteiger partial charge in [-0.1, -0.05) is 0 Å². The van der Waals surface area contributed by atoms with Crippen molar-refractivity contribution in [2.75, 3.05) is 11.2 Å². The maximum atomic E-state index is 11.0. The van der Waals surface area contributed by atoms with Crippen molar-refractivity contribution in [3.63, 3.8) is 0 Å². The fourth-order valence-electron chi connectivity index (χ4n) is 1.04. The van der Waals surface area contributed by atoms with Gasteiger partial charge in [0.2, 0.25) is 5.91 Å². The van der Waals surface area contributed by atoms with Gasteiger partial charge >= 0.3 is 0 Å². The van der Waals surface area contributed by atoms with Gasteiger partial charge < -0.3 is 10.4 Å². The van der Waals surface area contributed by atoms with E-state index in [0.717, 1.165) is 0 Å². The lowest BCUT2D eigenvalue weighted by Gasteiger charge is -2.06. The summed E-state index contributed by atoms with van der Waals surface area (Å²) in [6, 6.07) is 4.23. The zero-order valence-electron chi connectivity index (χ0n) is 8.08. The van der Waals surface area contributed by atoms with Crippen LogP contribution in [0.25, 0.3) is 0 Å². The number of hydrogen-bond donors (Lipinski definition) is 2. The molecule has 4 nitrogen and oxygen atoms in total. The van der Waals surface area contributed by atoms with Gasteiger partial charge in [-0.2, -0.15) is 0 Å². The molecule has 0 atom stereocenters. The summed E-state index contributed by atoms with van der Waals surface area (Å²) in [4.78, 5) is 22.0. The molecular formula is C10H10ClNO3. The van der Waals surface area contributed by atoms with Crippen molar-refractivity contribution < 1.29 is 14.7 Å². The number of aromatic hydroxyl groups is 1. The predicted octanol–water partition coefficient (Wildman–Crippen LogP) is 1.77. The van der Waals surface area contributed by atoms with Crippen molar-refractivity contribution in [3.05, 3.63) is 23.8 Å². The maximum absolute atomic E-state index is 11.0. The second kappa shape index (κ2) is 4.79. The second-order valence-electron chi connectivity index (χ2n) is 2.97. The van der Waals surface area contributed by atoms with Crippen LogP contribution < -0.4 is 5.32 Å². The molecule has 1 aromatic rings. The van der Waals surface area contributed by atoms with Gasteiger partial charge in [0.25, 0.3) is 0 Å². The first kappa shape index (κ1) is 11.5. The lowest BCUT2D eigenvalue weighted by Crippen LogP contribution is -2.13. The first-order valence-electron chi connectivity index (χ1n) is 4.24. The summed E-state index contributed by atoms with van der Waals surface area (Å²) in [5.41, 5.74) is 0.603. The second-order valence-corrected chi connectivity index (χ2v) is 3.24. The van der Waals surface area contributed by atoms with E-state index < -0.39 is 5.91 Å². The number of benzene rings is 1. The molecule has 0 spiro atoms. The summed E-state index contributed by atoms with van der Waals surface area (Å²) in [6.45, 7) is 1.40. The number of rotatable bonds is 3. The summed E-state index contributed by atoms with van der Waals surface area (Å²) >= 11 is 5.30. The zero-order chi connectivity index (χ0) is 11.4. The topological polar surface area (TPSA) is 66.4 Å². The summed E-state index contributed by atoms with van der Waals surface area (Å²) in [5.74, 6) is -0.883. The molecule has 0 aliphatic carbocycles. The van der Waals surface area contributed by atoms with Crippen LogP contribution in [0.2, 0.25) is 0 Å². The van der Waals surface area contributed by atoms with E-state index in [-0.39, 0.29) is 23.1 Å². The van der Waals surface area contributed by atoms with E-state index in [1.807, 2.05) is 0 Å². The quantitative estimate of drug-likeness (QED) is 0.470. The van der Waals surface area contributed by atoms with Crippen molar-refractivity contribution in [3.8, 4) is 5.75 Å². The van der Waals surface area contributed by atoms with Crippen LogP contribution in [0, 0.1) is 0 Å². The fraction of sp³-hybridized carbons (Fsp3) is 0.200. The van der Waals surface area contributed by atoms with Gasteiger partial charge in [0.1, 0.15) is 11.6 Å². The van der Waals surface area contributed by atoms with Gasteiger partial charge in [0.15, 0.2) is 5.78 Å². The van der Waals surface area contributed by atoms with Crippen molar-refractivity contribution in [2.24, 2.45) is 0 Å². The molecule has 0 bridgehead atoms. The number of phenolic OH excluding ortho intramolecular Hbond substituents is 1. The Morgan fingerprint density at radius 2 is 2.13 bits per heavy atom. The van der Waals surface area contributed by atoms with E-state index >= 15 is 0 Å². The smallest absolute Gasteiger partial charge is 0.239 e. The third-order valence-corrected chi connectivity index (χ3v) is 2.04. The van der Waals surface area contributed by atoms with E-state index in [4.69, 9.17) is 11.6 Å². The van der Waals surface area contributed by atoms with E-state index in [1.165, 1.54) is 25.1 Å². The molecule has 0 fully saturated rings. The Labute approximate surface area is 91.9 Å². The van der Waals surface area contributed by atoms with Crippen LogP contribution in [-0.4, -0.2) is 22.7 Å². The molecular weight excluding hydrogens is 218 g/mol. The van der Waals surface area contributed by atoms with Crippen molar-refractivity contribution in [1.29, 1.82) is 0 Å². The molecule has 0 heterocycles. The molecule has 1 amide bonds. The Balaban J connectivity index is 3.00. The van der Waals surface area contributed by atoms with Gasteiger partial charge in [0, 0.05) is 5.56 Å². The minimum absolute atomic E-state index is 0.0986. The first-order chi connectivity index (χ1) is 7.04. The summed E-state index contributed by atoms with van der Waals surface area (Å²) < 4.78 is 0. The van der Waals surface area contributed by atoms with E-state index in [9.17, 15) is 14.7 Å². The van der Waals surface area contributed by atoms with Gasteiger partial charge in [-0.25, -0.2) is 0 Å². The molecule has 0 unspecified atom stereocenters. The molecule has 0 aliphatic heterocycles. The normalized spacial score (nSPS) is 9.73. The van der Waals surface area contributed by atoms with Crippen LogP contribution in [0.3, 0.4) is 0 Å². The van der Waals surface area contributed by atoms with Crippen molar-refractivity contribution in [2.45, 2.75) is 6.92 Å². The number of hydrogen-bond acceptors (Lipinski definition) is 3. The van der Waals surface area contributed by atoms with Crippen LogP contribution >= 0.6 is 11.6 Å². The molecule has 5 heteroatoms. The van der Waals surface area contributed by atoms with Gasteiger partial charge in [-0.3, -0.25) is 9.59 Å². The molecule has 0 aliphatic rings. The molecule has 0 radical (unpaired) electrons. The number of anilines is 1. The lowest BCUT2D eigenvalue weighted by molar-refractivity contribution is -0.113. The van der Waals surface area contributed by atoms with Crippen LogP contribution in [0.5, 0.6) is 5.75 Å². The van der Waals surface area contributed by atoms with Crippen LogP contribution in [-0.2, 0) is 4.79 Å². The number of carbonyl (C=O) groups is 2. The minimum Gasteiger partial charge on any atom is -0.506 e. The maximum Gasteiger partial charge on any atom is 0.239 e. The average molecular weight is 228 g/mol. The predicted molar refractivity (Wildman–Crippen MR) is 57.5 cm³/mol. The van der Waals surface area contributed by atoms with Gasteiger partial charge in [-0.15, -0.1) is 11.6 Å². The number of phenols is 1. The molecule has 80 valence electrons. The largest absolute Gasteiger partial charge is 0.506 e. The summed E-state index contributed by atoms with van der Waals surface area (Å²) in [6.07, 6.45) is 0. The minimum atomic E-state index is -0.437. The number of ketones is 1. The fourth-order valence-corrected chi connectivity index (χ4v) is 1.11. The Morgan fingerprint density at radius 3 is 2.67 bits per heavy atom. The van der Waals surface area contributed by atoms with E-state index in [0.29, 0.717) is 5.56 Å². The molecule has 0 saturated heterocycles. The van der Waals surface area contributed by atoms with Crippen LogP contribution in [0.4, 0.5) is 5.69 Å². The highest BCUT2D eigenvalue weighted by Gasteiger charge is 2.08. The first-order valence-corrected chi connectivity index (χ1v) is 4.78. The van der Waals surface area contributed by atoms with E-state index in [2.05, 4.69) is 5.32 Å². The number of carbonyl (C=O) groups excluding carboxylic acids is 2. The summed E-state index contributed by atoms with van der Waals surface area (Å²) in [5, 5.41) is 11.8. The highest BCUT2D eigenvalue weighted by Crippen LogP contribution is 2.24. The standard InChI is InChI=1S/C10H10ClNO3/c1-6(13)7-2-3-9(14)8(4-7)12-10(15)5-11/h2-4,14H,5H2,1H3,(H,12,15). The Kier molecular flexibility index (Phi) is 3.68. The van der Waals surface area contributed by atoms with Gasteiger partial charge in [0.05, 0.1) is 5.69 Å². The zero-order valence-corrected chi connectivity index (χ0v) is 8.84. The Hall–Kier alpha value is -1.55. The number of alkyl halides is 1. The SMILES string of the molecule is CC(=O)c1ccc(O)c(NC(=O)CCl)c1. The Morgan fingerprint density at radius 1 is 1.47 bits per heavy atom. The highest BCUT2D eigenvalue weighted by molar-refractivity contribution is 6.29. The third kappa shape index (κ3) is 2.95. The Bertz CT molecular complexity index is 404. The molecule has 2 N–H and O–H groups in total. The molecule has 15 heavy (non-hydrogen) atoms. The van der Waals surface area contributed by atoms with E-state index in [1.54, 1.807) is 0 Å². The molecule has 1 rings (SSSR count).